The van der Waals surface area contributed by atoms with E-state index in [2.05, 4.69) is 9.91 Å². The average Bonchev–Trinajstić information content (AvgIpc) is 2.14. The Bertz CT molecular complexity index is 80.1. The average molecular weight is 200 g/mol. The molecule has 38 valence electrons. The van der Waals surface area contributed by atoms with Crippen molar-refractivity contribution in [2.24, 2.45) is 0 Å². The maximum absolute atomic E-state index is 8.61. The third-order valence-electron chi connectivity index (χ3n) is 1.35. The molecule has 1 N–H and O–H groups in total. The molecule has 0 unspecified atom stereocenters. The summed E-state index contributed by atoms with van der Waals surface area (Å²) < 4.78 is 4.19. The van der Waals surface area contributed by atoms with E-state index in [9.17, 15) is 0 Å². The number of rotatable bonds is 1. The molecule has 1 heterocycles. The maximum atomic E-state index is 8.61. The van der Waals surface area contributed by atoms with Crippen LogP contribution in [0.2, 0.25) is 4.18 Å². The van der Waals surface area contributed by atoms with E-state index < -0.39 is 21.4 Å². The van der Waals surface area contributed by atoms with Gasteiger partial charge in [-0.05, 0) is 0 Å². The summed E-state index contributed by atoms with van der Waals surface area (Å²) in [6, 6.07) is 0. The van der Waals surface area contributed by atoms with Gasteiger partial charge in [-0.2, -0.15) is 0 Å². The Kier molecular flexibility index (Phi) is 2.26. The van der Waals surface area contributed by atoms with Gasteiger partial charge in [-0.25, -0.2) is 0 Å². The standard InChI is InChI=1S/C4H6.CH3O.In/c1-3-4-2;1-2;/h1,3H,2,4H2;2H,1H2;. The van der Waals surface area contributed by atoms with Gasteiger partial charge in [0.25, 0.3) is 0 Å². The van der Waals surface area contributed by atoms with Crippen LogP contribution in [-0.4, -0.2) is 30.9 Å². The van der Waals surface area contributed by atoms with Crippen molar-refractivity contribution >= 4 is 21.4 Å². The van der Waals surface area contributed by atoms with Crippen molar-refractivity contribution in [3.63, 3.8) is 0 Å². The number of allylic oxidation sites excluding steroid dienone is 1. The zero-order valence-corrected chi connectivity index (χ0v) is 7.60. The molecule has 0 bridgehead atoms. The summed E-state index contributed by atoms with van der Waals surface area (Å²) in [6.07, 6.45) is 3.47. The number of hydrogen-bond acceptors (Lipinski definition) is 1. The number of hydrogen-bond donors (Lipinski definition) is 1. The van der Waals surface area contributed by atoms with E-state index in [1.165, 1.54) is 10.6 Å². The molecule has 0 aromatic carbocycles. The van der Waals surface area contributed by atoms with E-state index in [4.69, 9.17) is 5.11 Å². The van der Waals surface area contributed by atoms with Crippen molar-refractivity contribution in [3.05, 3.63) is 9.91 Å². The molecule has 1 nitrogen and oxygen atoms in total. The molecule has 0 spiro atoms. The van der Waals surface area contributed by atoms with Gasteiger partial charge in [-0.3, -0.25) is 0 Å². The molecule has 0 fully saturated rings. The molecular formula is C5H9InO. The van der Waals surface area contributed by atoms with Crippen LogP contribution < -0.4 is 0 Å². The van der Waals surface area contributed by atoms with Gasteiger partial charge in [0.15, 0.2) is 0 Å². The fraction of sp³-hybridized carbons (Fsp3) is 0.600. The van der Waals surface area contributed by atoms with E-state index in [-0.39, 0.29) is 0 Å². The van der Waals surface area contributed by atoms with Crippen molar-refractivity contribution in [1.29, 1.82) is 0 Å². The molecule has 0 atom stereocenters. The quantitative estimate of drug-likeness (QED) is 0.653. The van der Waals surface area contributed by atoms with Gasteiger partial charge in [-0.1, -0.05) is 0 Å². The van der Waals surface area contributed by atoms with Crippen LogP contribution in [0.3, 0.4) is 0 Å². The van der Waals surface area contributed by atoms with Gasteiger partial charge in [-0.15, -0.1) is 0 Å². The van der Waals surface area contributed by atoms with Crippen LogP contribution in [-0.2, 0) is 0 Å². The Balaban J connectivity index is 2.28. The van der Waals surface area contributed by atoms with Crippen LogP contribution in [0.5, 0.6) is 0 Å². The second kappa shape index (κ2) is 2.78. The normalized spacial score (nSPS) is 18.7. The fourth-order valence-corrected chi connectivity index (χ4v) is 5.68. The van der Waals surface area contributed by atoms with Crippen LogP contribution in [0.15, 0.2) is 9.91 Å². The molecular weight excluding hydrogens is 191 g/mol. The zero-order valence-electron chi connectivity index (χ0n) is 4.30. The number of aliphatic hydroxyl groups excluding tert-OH is 1. The Hall–Kier alpha value is 0.570. The van der Waals surface area contributed by atoms with Crippen LogP contribution in [0, 0.1) is 0 Å². The van der Waals surface area contributed by atoms with Crippen molar-refractivity contribution in [2.75, 3.05) is 4.36 Å². The third kappa shape index (κ3) is 1.50. The zero-order chi connectivity index (χ0) is 5.11. The second-order valence-electron chi connectivity index (χ2n) is 1.95. The Morgan fingerprint density at radius 2 is 2.57 bits per heavy atom. The second-order valence-corrected chi connectivity index (χ2v) is 10.1. The van der Waals surface area contributed by atoms with Crippen molar-refractivity contribution in [3.8, 4) is 0 Å². The SMILES string of the molecule is O[CH2][In]1[CH]=CC[CH2]1. The first-order valence-corrected chi connectivity index (χ1v) is 9.27. The molecule has 0 aromatic heterocycles. The van der Waals surface area contributed by atoms with Gasteiger partial charge in [0.1, 0.15) is 0 Å². The molecule has 2 heteroatoms. The van der Waals surface area contributed by atoms with E-state index in [0.29, 0.717) is 4.36 Å². The van der Waals surface area contributed by atoms with Gasteiger partial charge in [0.05, 0.1) is 0 Å². The molecule has 1 aliphatic rings. The van der Waals surface area contributed by atoms with Gasteiger partial charge in [0, 0.05) is 0 Å². The van der Waals surface area contributed by atoms with Crippen LogP contribution in [0.1, 0.15) is 6.42 Å². The monoisotopic (exact) mass is 200 g/mol. The summed E-state index contributed by atoms with van der Waals surface area (Å²) in [7, 11) is 0. The summed E-state index contributed by atoms with van der Waals surface area (Å²) in [4.78, 5) is 0. The first kappa shape index (κ1) is 5.70. The fourth-order valence-electron chi connectivity index (χ4n) is 0.847. The predicted octanol–water partition coefficient (Wildman–Crippen LogP) is 0.512. The van der Waals surface area contributed by atoms with Gasteiger partial charge in [0.2, 0.25) is 0 Å². The summed E-state index contributed by atoms with van der Waals surface area (Å²) in [5.41, 5.74) is 0. The van der Waals surface area contributed by atoms with E-state index in [0.717, 1.165) is 0 Å². The van der Waals surface area contributed by atoms with Crippen molar-refractivity contribution in [2.45, 2.75) is 10.6 Å². The summed E-state index contributed by atoms with van der Waals surface area (Å²) in [5.74, 6) is 0. The molecule has 7 heavy (non-hydrogen) atoms. The molecule has 0 aromatic rings. The molecule has 0 aliphatic carbocycles. The molecule has 0 saturated heterocycles. The summed E-state index contributed by atoms with van der Waals surface area (Å²) in [5, 5.41) is 8.61. The minimum atomic E-state index is -1.28. The van der Waals surface area contributed by atoms with Gasteiger partial charge < -0.3 is 0 Å². The Morgan fingerprint density at radius 1 is 1.71 bits per heavy atom. The van der Waals surface area contributed by atoms with E-state index in [1.807, 2.05) is 0 Å². The number of aliphatic hydroxyl groups is 1. The molecule has 1 aliphatic heterocycles. The molecule has 0 radical (unpaired) electrons. The first-order chi connectivity index (χ1) is 3.43. The van der Waals surface area contributed by atoms with Gasteiger partial charge >= 0.3 is 51.4 Å². The topological polar surface area (TPSA) is 20.2 Å². The van der Waals surface area contributed by atoms with Crippen molar-refractivity contribution in [1.82, 2.24) is 0 Å². The minimum absolute atomic E-state index is 0.540. The molecule has 0 saturated carbocycles. The predicted molar refractivity (Wildman–Crippen MR) is 31.4 cm³/mol. The summed E-state index contributed by atoms with van der Waals surface area (Å²) in [6.45, 7) is 0. The molecule has 1 rings (SSSR count). The Morgan fingerprint density at radius 3 is 2.86 bits per heavy atom. The van der Waals surface area contributed by atoms with E-state index in [1.54, 1.807) is 0 Å². The van der Waals surface area contributed by atoms with Crippen LogP contribution >= 0.6 is 0 Å². The Labute approximate surface area is 51.6 Å². The third-order valence-corrected chi connectivity index (χ3v) is 8.08. The van der Waals surface area contributed by atoms with Crippen LogP contribution in [0.4, 0.5) is 0 Å². The molecule has 0 amide bonds. The van der Waals surface area contributed by atoms with E-state index >= 15 is 0 Å². The van der Waals surface area contributed by atoms with Crippen LogP contribution in [0.25, 0.3) is 0 Å². The summed E-state index contributed by atoms with van der Waals surface area (Å²) >= 11 is -1.28. The van der Waals surface area contributed by atoms with Crippen molar-refractivity contribution < 1.29 is 5.11 Å². The first-order valence-electron chi connectivity index (χ1n) is 2.71.